The molecule has 0 radical (unpaired) electrons. The maximum Gasteiger partial charge on any atom is 0.303 e. The molecular weight excluding hydrogens is 540 g/mol. The van der Waals surface area contributed by atoms with E-state index in [1.807, 2.05) is 48.5 Å². The maximum absolute atomic E-state index is 12.2. The Kier molecular flexibility index (Phi) is 9.92. The van der Waals surface area contributed by atoms with Crippen LogP contribution in [0.1, 0.15) is 68.3 Å². The molecule has 5 atom stereocenters. The number of carbonyl (C=O) groups is 2. The number of rotatable bonds is 9. The van der Waals surface area contributed by atoms with Crippen molar-refractivity contribution < 1.29 is 38.4 Å². The molecule has 3 saturated heterocycles. The SMILES string of the molecule is CC(=O)O[C@@H](C)C(=O)NCc1ccc([C@@H]2O[C@H](CN3CCC4(CC3)OCCO4)[C@H](C)[C@H](c3ccc(CO)cc3)O2)cc1. The number of esters is 1. The number of aliphatic hydroxyl groups excluding tert-OH is 1. The van der Waals surface area contributed by atoms with Crippen LogP contribution in [0.2, 0.25) is 0 Å². The van der Waals surface area contributed by atoms with Crippen LogP contribution >= 0.6 is 0 Å². The molecule has 10 heteroatoms. The van der Waals surface area contributed by atoms with E-state index in [4.69, 9.17) is 23.7 Å². The third-order valence-electron chi connectivity index (χ3n) is 8.42. The van der Waals surface area contributed by atoms with E-state index in [0.29, 0.717) is 19.8 Å². The number of hydrogen-bond acceptors (Lipinski definition) is 9. The topological polar surface area (TPSA) is 116 Å². The maximum atomic E-state index is 12.2. The number of nitrogens with one attached hydrogen (secondary N) is 1. The highest BCUT2D eigenvalue weighted by Gasteiger charge is 2.43. The average molecular weight is 583 g/mol. The highest BCUT2D eigenvalue weighted by atomic mass is 16.7. The van der Waals surface area contributed by atoms with E-state index in [0.717, 1.165) is 54.7 Å². The number of piperidine rings is 1. The van der Waals surface area contributed by atoms with Gasteiger partial charge in [0.05, 0.1) is 32.0 Å². The van der Waals surface area contributed by atoms with Gasteiger partial charge >= 0.3 is 5.97 Å². The second-order valence-electron chi connectivity index (χ2n) is 11.4. The number of nitrogens with zero attached hydrogens (tertiary/aromatic N) is 1. The first-order chi connectivity index (χ1) is 20.2. The number of ether oxygens (including phenoxy) is 5. The quantitative estimate of drug-likeness (QED) is 0.430. The molecule has 3 aliphatic heterocycles. The van der Waals surface area contributed by atoms with Crippen LogP contribution in [0.4, 0.5) is 0 Å². The van der Waals surface area contributed by atoms with E-state index in [1.165, 1.54) is 6.92 Å². The zero-order valence-corrected chi connectivity index (χ0v) is 24.6. The van der Waals surface area contributed by atoms with Crippen LogP contribution in [0.3, 0.4) is 0 Å². The molecule has 2 N–H and O–H groups in total. The molecule has 3 heterocycles. The summed E-state index contributed by atoms with van der Waals surface area (Å²) in [4.78, 5) is 25.8. The Labute approximate surface area is 247 Å². The summed E-state index contributed by atoms with van der Waals surface area (Å²) >= 11 is 0. The number of aliphatic hydroxyl groups is 1. The second kappa shape index (κ2) is 13.6. The van der Waals surface area contributed by atoms with E-state index in [1.54, 1.807) is 6.92 Å². The van der Waals surface area contributed by atoms with Gasteiger partial charge in [0.25, 0.3) is 5.91 Å². The van der Waals surface area contributed by atoms with Gasteiger partial charge in [-0.3, -0.25) is 9.59 Å². The van der Waals surface area contributed by atoms with Crippen molar-refractivity contribution in [2.75, 3.05) is 32.8 Å². The second-order valence-corrected chi connectivity index (χ2v) is 11.4. The van der Waals surface area contributed by atoms with Gasteiger partial charge in [-0.1, -0.05) is 55.5 Å². The van der Waals surface area contributed by atoms with Crippen molar-refractivity contribution >= 4 is 11.9 Å². The van der Waals surface area contributed by atoms with E-state index < -0.39 is 24.2 Å². The number of carbonyl (C=O) groups excluding carboxylic acids is 2. The fourth-order valence-corrected chi connectivity index (χ4v) is 5.87. The third kappa shape index (κ3) is 7.37. The fraction of sp³-hybridized carbons (Fsp3) is 0.562. The lowest BCUT2D eigenvalue weighted by Crippen LogP contribution is -2.50. The molecule has 228 valence electrons. The first-order valence-corrected chi connectivity index (χ1v) is 14.8. The fourth-order valence-electron chi connectivity index (χ4n) is 5.87. The van der Waals surface area contributed by atoms with Gasteiger partial charge < -0.3 is 39.0 Å². The van der Waals surface area contributed by atoms with Crippen molar-refractivity contribution in [2.45, 2.75) is 77.2 Å². The minimum atomic E-state index is -0.850. The predicted octanol–water partition coefficient (Wildman–Crippen LogP) is 3.38. The predicted molar refractivity (Wildman–Crippen MR) is 153 cm³/mol. The standard InChI is InChI=1S/C32H42N2O8/c1-21-28(19-34-14-12-32(13-15-34)38-16-17-39-32)41-31(42-29(21)26-8-6-25(20-35)7-9-26)27-10-4-24(5-11-27)18-33-30(37)22(2)40-23(3)36/h4-11,21-22,28-29,31,35H,12-20H2,1-3H3,(H,33,37)/t21-,22-,28+,29+,31+/m0/s1. The van der Waals surface area contributed by atoms with Crippen LogP contribution in [0.5, 0.6) is 0 Å². The normalized spacial score (nSPS) is 26.6. The largest absolute Gasteiger partial charge is 0.453 e. The van der Waals surface area contributed by atoms with Crippen LogP contribution in [0.15, 0.2) is 48.5 Å². The summed E-state index contributed by atoms with van der Waals surface area (Å²) in [5.41, 5.74) is 3.69. The number of amides is 1. The highest BCUT2D eigenvalue weighted by molar-refractivity contribution is 5.82. The van der Waals surface area contributed by atoms with Gasteiger partial charge in [-0.15, -0.1) is 0 Å². The van der Waals surface area contributed by atoms with Gasteiger partial charge in [-0.2, -0.15) is 0 Å². The van der Waals surface area contributed by atoms with Gasteiger partial charge in [0.15, 0.2) is 18.2 Å². The lowest BCUT2D eigenvalue weighted by atomic mass is 9.89. The van der Waals surface area contributed by atoms with Crippen molar-refractivity contribution in [1.82, 2.24) is 10.2 Å². The molecule has 0 bridgehead atoms. The minimum Gasteiger partial charge on any atom is -0.453 e. The van der Waals surface area contributed by atoms with Crippen LogP contribution in [-0.4, -0.2) is 72.7 Å². The summed E-state index contributed by atoms with van der Waals surface area (Å²) in [5.74, 6) is -1.18. The first-order valence-electron chi connectivity index (χ1n) is 14.8. The summed E-state index contributed by atoms with van der Waals surface area (Å²) in [6.07, 6.45) is -0.000734. The molecular formula is C32H42N2O8. The smallest absolute Gasteiger partial charge is 0.303 e. The monoisotopic (exact) mass is 582 g/mol. The van der Waals surface area contributed by atoms with Crippen molar-refractivity contribution in [3.05, 3.63) is 70.8 Å². The Morgan fingerprint density at radius 3 is 2.24 bits per heavy atom. The van der Waals surface area contributed by atoms with Gasteiger partial charge in [0.1, 0.15) is 0 Å². The Morgan fingerprint density at radius 1 is 1.00 bits per heavy atom. The Hall–Kier alpha value is -2.86. The molecule has 2 aromatic rings. The summed E-state index contributed by atoms with van der Waals surface area (Å²) in [6, 6.07) is 15.7. The van der Waals surface area contributed by atoms with E-state index >= 15 is 0 Å². The van der Waals surface area contributed by atoms with Crippen molar-refractivity contribution in [1.29, 1.82) is 0 Å². The average Bonchev–Trinajstić information content (AvgIpc) is 3.46. The first kappa shape index (κ1) is 30.6. The molecule has 0 unspecified atom stereocenters. The highest BCUT2D eigenvalue weighted by Crippen LogP contribution is 2.42. The molecule has 1 spiro atoms. The molecule has 0 aliphatic carbocycles. The molecule has 3 aliphatic rings. The van der Waals surface area contributed by atoms with Crippen molar-refractivity contribution in [2.24, 2.45) is 5.92 Å². The molecule has 0 saturated carbocycles. The van der Waals surface area contributed by atoms with Crippen molar-refractivity contribution in [3.63, 3.8) is 0 Å². The van der Waals surface area contributed by atoms with Gasteiger partial charge in [0.2, 0.25) is 0 Å². The van der Waals surface area contributed by atoms with Gasteiger partial charge in [-0.25, -0.2) is 0 Å². The lowest BCUT2D eigenvalue weighted by molar-refractivity contribution is -0.278. The molecule has 5 rings (SSSR count). The van der Waals surface area contributed by atoms with Crippen LogP contribution in [0, 0.1) is 5.92 Å². The molecule has 2 aromatic carbocycles. The molecule has 3 fully saturated rings. The van der Waals surface area contributed by atoms with Gasteiger partial charge in [0, 0.05) is 57.4 Å². The zero-order chi connectivity index (χ0) is 29.7. The van der Waals surface area contributed by atoms with E-state index in [9.17, 15) is 14.7 Å². The zero-order valence-electron chi connectivity index (χ0n) is 24.6. The Balaban J connectivity index is 1.27. The Bertz CT molecular complexity index is 1190. The van der Waals surface area contributed by atoms with Gasteiger partial charge in [-0.05, 0) is 23.6 Å². The summed E-state index contributed by atoms with van der Waals surface area (Å²) in [7, 11) is 0. The number of hydrogen-bond donors (Lipinski definition) is 2. The summed E-state index contributed by atoms with van der Waals surface area (Å²) in [5, 5.41) is 12.3. The van der Waals surface area contributed by atoms with Crippen LogP contribution < -0.4 is 5.32 Å². The molecule has 10 nitrogen and oxygen atoms in total. The van der Waals surface area contributed by atoms with Crippen molar-refractivity contribution in [3.8, 4) is 0 Å². The summed E-state index contributed by atoms with van der Waals surface area (Å²) < 4.78 is 30.0. The minimum absolute atomic E-state index is 0.00490. The third-order valence-corrected chi connectivity index (χ3v) is 8.42. The number of benzene rings is 2. The van der Waals surface area contributed by atoms with E-state index in [2.05, 4.69) is 17.1 Å². The van der Waals surface area contributed by atoms with Crippen LogP contribution in [0.25, 0.3) is 0 Å². The molecule has 42 heavy (non-hydrogen) atoms. The summed E-state index contributed by atoms with van der Waals surface area (Å²) in [6.45, 7) is 9.15. The van der Waals surface area contributed by atoms with Crippen LogP contribution in [-0.2, 0) is 46.4 Å². The molecule has 0 aromatic heterocycles. The lowest BCUT2D eigenvalue weighted by Gasteiger charge is -2.44. The Morgan fingerprint density at radius 2 is 1.62 bits per heavy atom. The number of likely N-dealkylation sites (tertiary alicyclic amines) is 1. The molecule has 1 amide bonds. The van der Waals surface area contributed by atoms with E-state index in [-0.39, 0.29) is 30.6 Å².